The highest BCUT2D eigenvalue weighted by Gasteiger charge is 2.27. The minimum absolute atomic E-state index is 0.00205. The Kier molecular flexibility index (Phi) is 8.17. The normalized spacial score (nSPS) is 16.0. The predicted octanol–water partition coefficient (Wildman–Crippen LogP) is 6.11. The van der Waals surface area contributed by atoms with Gasteiger partial charge in [-0.3, -0.25) is 14.9 Å². The number of thioether (sulfide) groups is 1. The number of carbonyl (C=O) groups is 1. The number of halogens is 1. The van der Waals surface area contributed by atoms with Crippen LogP contribution >= 0.6 is 27.7 Å². The van der Waals surface area contributed by atoms with Gasteiger partial charge >= 0.3 is 0 Å². The second-order valence-electron chi connectivity index (χ2n) is 7.92. The predicted molar refractivity (Wildman–Crippen MR) is 145 cm³/mol. The van der Waals surface area contributed by atoms with Gasteiger partial charge in [0.1, 0.15) is 6.61 Å². The number of rotatable bonds is 9. The number of ether oxygens (including phenoxy) is 2. The van der Waals surface area contributed by atoms with E-state index in [2.05, 4.69) is 45.6 Å². The molecule has 2 N–H and O–H groups in total. The molecular weight excluding hydrogens is 546 g/mol. The molecule has 3 aromatic carbocycles. The number of amides is 1. The zero-order chi connectivity index (χ0) is 25.7. The standard InChI is InChI=1S/C26H24BrN3O5S/c1-3-16-7-9-19(10-8-16)28-26-29-25(31)23(36-26)14-18-12-21(27)24(22(13-18)34-2)35-15-17-5-4-6-20(11-17)30(32)33/h4-14,26,28H,3,15H2,1-2H3,(H,29,31)/b23-14-/t26-/m1/s1. The summed E-state index contributed by atoms with van der Waals surface area (Å²) in [5.41, 5.74) is 3.32. The molecule has 3 aromatic rings. The van der Waals surface area contributed by atoms with E-state index in [9.17, 15) is 14.9 Å². The van der Waals surface area contributed by atoms with E-state index in [0.717, 1.165) is 17.7 Å². The first-order valence-corrected chi connectivity index (χ1v) is 12.8. The third kappa shape index (κ3) is 6.19. The molecule has 4 rings (SSSR count). The maximum Gasteiger partial charge on any atom is 0.269 e. The first-order valence-electron chi connectivity index (χ1n) is 11.1. The SMILES string of the molecule is CCc1ccc(N[C@@H]2NC(=O)/C(=C/c3cc(Br)c(OCc4cccc([N+](=O)[O-])c4)c(OC)c3)S2)cc1. The van der Waals surface area contributed by atoms with Crippen molar-refractivity contribution in [1.29, 1.82) is 0 Å². The topological polar surface area (TPSA) is 103 Å². The lowest BCUT2D eigenvalue weighted by Crippen LogP contribution is -2.30. The monoisotopic (exact) mass is 569 g/mol. The van der Waals surface area contributed by atoms with E-state index >= 15 is 0 Å². The summed E-state index contributed by atoms with van der Waals surface area (Å²) in [6.07, 6.45) is 2.76. The number of nitro benzene ring substituents is 1. The number of carbonyl (C=O) groups excluding carboxylic acids is 1. The van der Waals surface area contributed by atoms with E-state index in [1.807, 2.05) is 18.2 Å². The summed E-state index contributed by atoms with van der Waals surface area (Å²) < 4.78 is 12.1. The van der Waals surface area contributed by atoms with Gasteiger partial charge in [0.05, 0.1) is 21.4 Å². The van der Waals surface area contributed by atoms with Crippen LogP contribution in [0.2, 0.25) is 0 Å². The number of benzene rings is 3. The summed E-state index contributed by atoms with van der Waals surface area (Å²) in [5.74, 6) is 0.768. The highest BCUT2D eigenvalue weighted by atomic mass is 79.9. The number of nitro groups is 1. The van der Waals surface area contributed by atoms with E-state index in [1.165, 1.54) is 36.6 Å². The van der Waals surface area contributed by atoms with Gasteiger partial charge in [0.2, 0.25) is 0 Å². The molecule has 10 heteroatoms. The lowest BCUT2D eigenvalue weighted by atomic mass is 10.1. The van der Waals surface area contributed by atoms with Gasteiger partial charge in [0.15, 0.2) is 17.0 Å². The van der Waals surface area contributed by atoms with Gasteiger partial charge in [-0.05, 0) is 69.4 Å². The summed E-state index contributed by atoms with van der Waals surface area (Å²) in [5, 5.41) is 17.3. The van der Waals surface area contributed by atoms with Crippen molar-refractivity contribution in [3.8, 4) is 11.5 Å². The van der Waals surface area contributed by atoms with Crippen molar-refractivity contribution in [3.05, 3.63) is 96.8 Å². The van der Waals surface area contributed by atoms with Crippen LogP contribution in [0.15, 0.2) is 70.0 Å². The molecule has 0 aromatic heterocycles. The van der Waals surface area contributed by atoms with Crippen molar-refractivity contribution < 1.29 is 19.2 Å². The summed E-state index contributed by atoms with van der Waals surface area (Å²) in [4.78, 5) is 23.7. The van der Waals surface area contributed by atoms with Crippen LogP contribution in [0.4, 0.5) is 11.4 Å². The van der Waals surface area contributed by atoms with Crippen LogP contribution in [0.5, 0.6) is 11.5 Å². The van der Waals surface area contributed by atoms with Crippen molar-refractivity contribution in [2.24, 2.45) is 0 Å². The molecule has 1 saturated heterocycles. The lowest BCUT2D eigenvalue weighted by molar-refractivity contribution is -0.384. The molecule has 0 unspecified atom stereocenters. The molecule has 8 nitrogen and oxygen atoms in total. The molecule has 1 atom stereocenters. The Balaban J connectivity index is 1.47. The van der Waals surface area contributed by atoms with E-state index in [-0.39, 0.29) is 23.7 Å². The Morgan fingerprint density at radius 1 is 1.17 bits per heavy atom. The van der Waals surface area contributed by atoms with Crippen molar-refractivity contribution in [3.63, 3.8) is 0 Å². The van der Waals surface area contributed by atoms with Crippen molar-refractivity contribution in [1.82, 2.24) is 5.32 Å². The Hall–Kier alpha value is -3.50. The fourth-order valence-electron chi connectivity index (χ4n) is 3.58. The first-order chi connectivity index (χ1) is 17.4. The maximum atomic E-state index is 12.6. The second-order valence-corrected chi connectivity index (χ2v) is 9.93. The highest BCUT2D eigenvalue weighted by molar-refractivity contribution is 9.10. The fourth-order valence-corrected chi connectivity index (χ4v) is 5.14. The van der Waals surface area contributed by atoms with Gasteiger partial charge < -0.3 is 20.1 Å². The average Bonchev–Trinajstić information content (AvgIpc) is 3.21. The summed E-state index contributed by atoms with van der Waals surface area (Å²) in [6.45, 7) is 2.23. The zero-order valence-corrected chi connectivity index (χ0v) is 22.0. The highest BCUT2D eigenvalue weighted by Crippen LogP contribution is 2.39. The van der Waals surface area contributed by atoms with Gasteiger partial charge in [0, 0.05) is 17.8 Å². The Morgan fingerprint density at radius 3 is 2.64 bits per heavy atom. The summed E-state index contributed by atoms with van der Waals surface area (Å²) in [6, 6.07) is 18.0. The molecule has 0 radical (unpaired) electrons. The number of hydrogen-bond donors (Lipinski definition) is 2. The van der Waals surface area contributed by atoms with Crippen LogP contribution in [-0.4, -0.2) is 23.4 Å². The third-order valence-electron chi connectivity index (χ3n) is 5.44. The van der Waals surface area contributed by atoms with E-state index in [0.29, 0.717) is 26.4 Å². The minimum atomic E-state index is -0.443. The molecule has 0 saturated carbocycles. The first kappa shape index (κ1) is 25.6. The quantitative estimate of drug-likeness (QED) is 0.182. The van der Waals surface area contributed by atoms with Gasteiger partial charge in [-0.25, -0.2) is 0 Å². The number of methoxy groups -OCH3 is 1. The van der Waals surface area contributed by atoms with E-state index < -0.39 is 4.92 Å². The number of non-ortho nitro benzene ring substituents is 1. The third-order valence-corrected chi connectivity index (χ3v) is 7.06. The fraction of sp³-hybridized carbons (Fsp3) is 0.192. The molecule has 0 aliphatic carbocycles. The number of hydrogen-bond acceptors (Lipinski definition) is 7. The number of nitrogens with one attached hydrogen (secondary N) is 2. The molecule has 1 amide bonds. The van der Waals surface area contributed by atoms with Crippen LogP contribution in [-0.2, 0) is 17.8 Å². The number of aryl methyl sites for hydroxylation is 1. The van der Waals surface area contributed by atoms with Crippen molar-refractivity contribution in [2.45, 2.75) is 25.4 Å². The zero-order valence-electron chi connectivity index (χ0n) is 19.6. The smallest absolute Gasteiger partial charge is 0.269 e. The average molecular weight is 570 g/mol. The van der Waals surface area contributed by atoms with Gasteiger partial charge in [0.25, 0.3) is 11.6 Å². The van der Waals surface area contributed by atoms with E-state index in [1.54, 1.807) is 24.3 Å². The van der Waals surface area contributed by atoms with E-state index in [4.69, 9.17) is 9.47 Å². The van der Waals surface area contributed by atoms with Crippen molar-refractivity contribution in [2.75, 3.05) is 12.4 Å². The molecule has 1 aliphatic rings. The molecule has 186 valence electrons. The molecule has 0 bridgehead atoms. The number of anilines is 1. The number of nitrogens with zero attached hydrogens (tertiary/aromatic N) is 1. The van der Waals surface area contributed by atoms with Crippen LogP contribution in [0.3, 0.4) is 0 Å². The lowest BCUT2D eigenvalue weighted by Gasteiger charge is -2.14. The maximum absolute atomic E-state index is 12.6. The van der Waals surface area contributed by atoms with Crippen LogP contribution in [0.25, 0.3) is 6.08 Å². The molecule has 1 aliphatic heterocycles. The minimum Gasteiger partial charge on any atom is -0.493 e. The van der Waals surface area contributed by atoms with Crippen LogP contribution < -0.4 is 20.1 Å². The second kappa shape index (κ2) is 11.5. The Morgan fingerprint density at radius 2 is 1.94 bits per heavy atom. The molecular formula is C26H24BrN3O5S. The Bertz CT molecular complexity index is 1310. The van der Waals surface area contributed by atoms with Crippen LogP contribution in [0, 0.1) is 10.1 Å². The van der Waals surface area contributed by atoms with Gasteiger partial charge in [-0.2, -0.15) is 0 Å². The molecule has 1 heterocycles. The molecule has 36 heavy (non-hydrogen) atoms. The summed E-state index contributed by atoms with van der Waals surface area (Å²) in [7, 11) is 1.53. The van der Waals surface area contributed by atoms with Gasteiger partial charge in [-0.1, -0.05) is 43.0 Å². The Labute approximate surface area is 221 Å². The molecule has 1 fully saturated rings. The molecule has 0 spiro atoms. The van der Waals surface area contributed by atoms with Gasteiger partial charge in [-0.15, -0.1) is 0 Å². The summed E-state index contributed by atoms with van der Waals surface area (Å²) >= 11 is 4.92. The largest absolute Gasteiger partial charge is 0.493 e. The van der Waals surface area contributed by atoms with Crippen LogP contribution in [0.1, 0.15) is 23.6 Å². The van der Waals surface area contributed by atoms with Crippen molar-refractivity contribution >= 4 is 51.0 Å².